The molecule has 9 heteroatoms. The molecule has 0 bridgehead atoms. The van der Waals surface area contributed by atoms with E-state index < -0.39 is 11.6 Å². The van der Waals surface area contributed by atoms with Crippen LogP contribution in [0.15, 0.2) is 18.2 Å². The summed E-state index contributed by atoms with van der Waals surface area (Å²) in [5, 5.41) is 16.9. The Morgan fingerprint density at radius 1 is 1.28 bits per heavy atom. The lowest BCUT2D eigenvalue weighted by atomic mass is 9.96. The minimum Gasteiger partial charge on any atom is -0.335 e. The third kappa shape index (κ3) is 3.31. The van der Waals surface area contributed by atoms with E-state index in [1.807, 2.05) is 0 Å². The Morgan fingerprint density at radius 3 is 2.76 bits per heavy atom. The summed E-state index contributed by atoms with van der Waals surface area (Å²) in [7, 11) is 0. The molecule has 2 aromatic rings. The van der Waals surface area contributed by atoms with Crippen molar-refractivity contribution >= 4 is 6.03 Å². The molecular formula is C16H18F2N6O. The number of amides is 2. The first kappa shape index (κ1) is 15.9. The fourth-order valence-electron chi connectivity index (χ4n) is 3.43. The average Bonchev–Trinajstić information content (AvgIpc) is 3.13. The topological polar surface area (TPSA) is 86.8 Å². The molecule has 0 radical (unpaired) electrons. The maximum Gasteiger partial charge on any atom is 0.317 e. The number of benzene rings is 1. The molecule has 0 unspecified atom stereocenters. The second kappa shape index (κ2) is 6.38. The molecule has 1 aliphatic heterocycles. The summed E-state index contributed by atoms with van der Waals surface area (Å²) >= 11 is 0. The van der Waals surface area contributed by atoms with Crippen LogP contribution in [0.4, 0.5) is 13.6 Å². The summed E-state index contributed by atoms with van der Waals surface area (Å²) in [6.45, 7) is 1.24. The molecule has 2 N–H and O–H groups in total. The highest BCUT2D eigenvalue weighted by Crippen LogP contribution is 2.42. The fraction of sp³-hybridized carbons (Fsp3) is 0.500. The van der Waals surface area contributed by atoms with Crippen LogP contribution < -0.4 is 5.32 Å². The van der Waals surface area contributed by atoms with Crippen LogP contribution >= 0.6 is 0 Å². The molecule has 132 valence electrons. The zero-order valence-corrected chi connectivity index (χ0v) is 13.5. The molecule has 1 saturated heterocycles. The Bertz CT molecular complexity index is 760. The molecule has 1 saturated carbocycles. The number of aromatic nitrogens is 4. The first-order valence-corrected chi connectivity index (χ1v) is 8.35. The molecule has 2 amide bonds. The van der Waals surface area contributed by atoms with Gasteiger partial charge in [-0.3, -0.25) is 0 Å². The summed E-state index contributed by atoms with van der Waals surface area (Å²) in [5.74, 6) is -0.324. The minimum absolute atomic E-state index is 0.0820. The number of likely N-dealkylation sites (tertiary alicyclic amines) is 1. The Balaban J connectivity index is 1.29. The standard InChI is InChI=1S/C16H18F2N6O/c17-10-1-2-11(13(18)7-10)12-8-14(12)19-16(25)24-5-3-9(4-6-24)15-20-22-23-21-15/h1-2,7,9,12,14H,3-6,8H2,(H,19,25)(H,20,21,22,23)/t12-,14+/m0/s1. The van der Waals surface area contributed by atoms with E-state index in [4.69, 9.17) is 0 Å². The van der Waals surface area contributed by atoms with Gasteiger partial charge in [0.15, 0.2) is 5.82 Å². The second-order valence-electron chi connectivity index (χ2n) is 6.60. The van der Waals surface area contributed by atoms with E-state index in [2.05, 4.69) is 25.9 Å². The van der Waals surface area contributed by atoms with Crippen molar-refractivity contribution in [2.45, 2.75) is 37.1 Å². The summed E-state index contributed by atoms with van der Waals surface area (Å²) in [5.41, 5.74) is 0.461. The molecule has 0 spiro atoms. The molecule has 2 heterocycles. The maximum atomic E-state index is 13.8. The van der Waals surface area contributed by atoms with Gasteiger partial charge in [-0.1, -0.05) is 11.3 Å². The molecule has 1 aromatic heterocycles. The summed E-state index contributed by atoms with van der Waals surface area (Å²) < 4.78 is 26.8. The zero-order chi connectivity index (χ0) is 17.4. The van der Waals surface area contributed by atoms with Gasteiger partial charge in [0.2, 0.25) is 0 Å². The quantitative estimate of drug-likeness (QED) is 0.887. The van der Waals surface area contributed by atoms with Crippen molar-refractivity contribution < 1.29 is 13.6 Å². The highest BCUT2D eigenvalue weighted by atomic mass is 19.1. The number of urea groups is 1. The van der Waals surface area contributed by atoms with Crippen LogP contribution in [0.25, 0.3) is 0 Å². The number of nitrogens with zero attached hydrogens (tertiary/aromatic N) is 4. The second-order valence-corrected chi connectivity index (χ2v) is 6.60. The SMILES string of the molecule is O=C(N[C@@H]1C[C@H]1c1ccc(F)cc1F)N1CCC(c2nn[nH]n2)CC1. The smallest absolute Gasteiger partial charge is 0.317 e. The van der Waals surface area contributed by atoms with Crippen LogP contribution in [0.2, 0.25) is 0 Å². The number of aromatic amines is 1. The number of rotatable bonds is 3. The van der Waals surface area contributed by atoms with E-state index in [1.54, 1.807) is 4.90 Å². The summed E-state index contributed by atoms with van der Waals surface area (Å²) in [6.07, 6.45) is 2.24. The normalized spacial score (nSPS) is 23.5. The van der Waals surface area contributed by atoms with E-state index in [-0.39, 0.29) is 23.9 Å². The minimum atomic E-state index is -0.591. The first-order chi connectivity index (χ1) is 12.1. The number of carbonyl (C=O) groups is 1. The summed E-state index contributed by atoms with van der Waals surface area (Å²) in [4.78, 5) is 14.1. The molecule has 1 aromatic carbocycles. The maximum absolute atomic E-state index is 13.8. The highest BCUT2D eigenvalue weighted by molar-refractivity contribution is 5.75. The zero-order valence-electron chi connectivity index (χ0n) is 13.5. The van der Waals surface area contributed by atoms with Crippen LogP contribution in [0, 0.1) is 11.6 Å². The van der Waals surface area contributed by atoms with Gasteiger partial charge in [-0.25, -0.2) is 13.6 Å². The lowest BCUT2D eigenvalue weighted by Gasteiger charge is -2.30. The molecule has 25 heavy (non-hydrogen) atoms. The Hall–Kier alpha value is -2.58. The monoisotopic (exact) mass is 348 g/mol. The molecule has 7 nitrogen and oxygen atoms in total. The summed E-state index contributed by atoms with van der Waals surface area (Å²) in [6, 6.07) is 3.36. The number of carbonyl (C=O) groups excluding carboxylic acids is 1. The van der Waals surface area contributed by atoms with Gasteiger partial charge < -0.3 is 10.2 Å². The van der Waals surface area contributed by atoms with Gasteiger partial charge in [0.25, 0.3) is 0 Å². The van der Waals surface area contributed by atoms with Crippen LogP contribution in [-0.4, -0.2) is 50.7 Å². The predicted molar refractivity (Wildman–Crippen MR) is 83.8 cm³/mol. The molecule has 2 atom stereocenters. The van der Waals surface area contributed by atoms with Gasteiger partial charge in [0.05, 0.1) is 0 Å². The molecule has 2 fully saturated rings. The van der Waals surface area contributed by atoms with Crippen LogP contribution in [0.3, 0.4) is 0 Å². The van der Waals surface area contributed by atoms with Gasteiger partial charge in [-0.15, -0.1) is 10.2 Å². The van der Waals surface area contributed by atoms with Crippen LogP contribution in [0.5, 0.6) is 0 Å². The van der Waals surface area contributed by atoms with Gasteiger partial charge >= 0.3 is 6.03 Å². The molecule has 1 aliphatic carbocycles. The highest BCUT2D eigenvalue weighted by Gasteiger charge is 2.42. The largest absolute Gasteiger partial charge is 0.335 e. The number of nitrogens with one attached hydrogen (secondary N) is 2. The molecule has 2 aliphatic rings. The average molecular weight is 348 g/mol. The Morgan fingerprint density at radius 2 is 2.08 bits per heavy atom. The fourth-order valence-corrected chi connectivity index (χ4v) is 3.43. The van der Waals surface area contributed by atoms with E-state index in [0.29, 0.717) is 30.9 Å². The van der Waals surface area contributed by atoms with Crippen molar-refractivity contribution in [1.29, 1.82) is 0 Å². The Labute approximate surface area is 142 Å². The van der Waals surface area contributed by atoms with Gasteiger partial charge in [0.1, 0.15) is 11.6 Å². The third-order valence-electron chi connectivity index (χ3n) is 4.97. The lowest BCUT2D eigenvalue weighted by molar-refractivity contribution is 0.179. The van der Waals surface area contributed by atoms with Crippen LogP contribution in [0.1, 0.15) is 42.5 Å². The number of piperidine rings is 1. The van der Waals surface area contributed by atoms with Crippen LogP contribution in [-0.2, 0) is 0 Å². The van der Waals surface area contributed by atoms with Crippen molar-refractivity contribution in [1.82, 2.24) is 30.8 Å². The number of tetrazole rings is 1. The number of halogens is 2. The Kier molecular flexibility index (Phi) is 4.06. The van der Waals surface area contributed by atoms with Crippen molar-refractivity contribution in [3.8, 4) is 0 Å². The van der Waals surface area contributed by atoms with Gasteiger partial charge in [-0.05, 0) is 30.9 Å². The number of hydrogen-bond donors (Lipinski definition) is 2. The van der Waals surface area contributed by atoms with E-state index >= 15 is 0 Å². The third-order valence-corrected chi connectivity index (χ3v) is 4.97. The predicted octanol–water partition coefficient (Wildman–Crippen LogP) is 1.92. The van der Waals surface area contributed by atoms with Crippen molar-refractivity contribution in [3.63, 3.8) is 0 Å². The number of hydrogen-bond acceptors (Lipinski definition) is 4. The van der Waals surface area contributed by atoms with E-state index in [9.17, 15) is 13.6 Å². The van der Waals surface area contributed by atoms with Gasteiger partial charge in [0, 0.05) is 37.0 Å². The van der Waals surface area contributed by atoms with E-state index in [1.165, 1.54) is 12.1 Å². The van der Waals surface area contributed by atoms with Crippen molar-refractivity contribution in [2.24, 2.45) is 0 Å². The molecular weight excluding hydrogens is 330 g/mol. The van der Waals surface area contributed by atoms with Crippen molar-refractivity contribution in [3.05, 3.63) is 41.2 Å². The first-order valence-electron chi connectivity index (χ1n) is 8.35. The van der Waals surface area contributed by atoms with Crippen molar-refractivity contribution in [2.75, 3.05) is 13.1 Å². The molecule has 4 rings (SSSR count). The lowest BCUT2D eigenvalue weighted by Crippen LogP contribution is -2.45. The van der Waals surface area contributed by atoms with Gasteiger partial charge in [-0.2, -0.15) is 5.21 Å². The van der Waals surface area contributed by atoms with E-state index in [0.717, 1.165) is 18.9 Å². The number of H-pyrrole nitrogens is 1.